The van der Waals surface area contributed by atoms with Gasteiger partial charge >= 0.3 is 0 Å². The van der Waals surface area contributed by atoms with Crippen LogP contribution < -0.4 is 4.74 Å². The third kappa shape index (κ3) is 4.70. The molecule has 0 aromatic heterocycles. The maximum absolute atomic E-state index is 10.5. The molecule has 86 valence electrons. The number of nitro benzene ring substituents is 1. The zero-order chi connectivity index (χ0) is 12.5. The Hall–Kier alpha value is -2.50. The molecule has 0 spiro atoms. The molecule has 0 aliphatic rings. The summed E-state index contributed by atoms with van der Waals surface area (Å²) in [5.74, 6) is 10.2. The summed E-state index contributed by atoms with van der Waals surface area (Å²) in [6.07, 6.45) is 0. The first-order chi connectivity index (χ1) is 8.24. The van der Waals surface area contributed by atoms with Gasteiger partial charge in [-0.1, -0.05) is 12.0 Å². The number of hydrogen-bond acceptors (Lipinski definition) is 4. The van der Waals surface area contributed by atoms with Crippen molar-refractivity contribution in [2.24, 2.45) is 0 Å². The monoisotopic (exact) mass is 231 g/mol. The van der Waals surface area contributed by atoms with E-state index < -0.39 is 4.92 Å². The van der Waals surface area contributed by atoms with Gasteiger partial charge in [-0.2, -0.15) is 0 Å². The molecular weight excluding hydrogens is 222 g/mol. The Bertz CT molecular complexity index is 517. The Labute approximate surface area is 98.2 Å². The van der Waals surface area contributed by atoms with Crippen molar-refractivity contribution in [2.45, 2.75) is 0 Å². The molecule has 1 rings (SSSR count). The second-order valence-electron chi connectivity index (χ2n) is 2.80. The molecule has 5 heteroatoms. The molecule has 0 heterocycles. The number of rotatable bonds is 3. The molecule has 17 heavy (non-hydrogen) atoms. The van der Waals surface area contributed by atoms with E-state index in [1.54, 1.807) is 6.07 Å². The largest absolute Gasteiger partial charge is 0.481 e. The van der Waals surface area contributed by atoms with Crippen LogP contribution in [-0.4, -0.2) is 23.2 Å². The molecule has 1 aromatic carbocycles. The number of ether oxygens (including phenoxy) is 1. The minimum Gasteiger partial charge on any atom is -0.481 e. The van der Waals surface area contributed by atoms with Crippen LogP contribution in [0, 0.1) is 33.8 Å². The topological polar surface area (TPSA) is 72.6 Å². The summed E-state index contributed by atoms with van der Waals surface area (Å²) in [6, 6.07) is 5.84. The van der Waals surface area contributed by atoms with Crippen molar-refractivity contribution in [3.8, 4) is 29.4 Å². The second-order valence-corrected chi connectivity index (χ2v) is 2.80. The van der Waals surface area contributed by atoms with Crippen LogP contribution >= 0.6 is 0 Å². The number of aliphatic hydroxyl groups excluding tert-OH is 1. The number of benzene rings is 1. The Morgan fingerprint density at radius 1 is 1.35 bits per heavy atom. The fourth-order valence-corrected chi connectivity index (χ4v) is 0.970. The Morgan fingerprint density at radius 3 is 2.82 bits per heavy atom. The predicted molar refractivity (Wildman–Crippen MR) is 61.2 cm³/mol. The van der Waals surface area contributed by atoms with Crippen LogP contribution in [0.1, 0.15) is 0 Å². The molecule has 0 unspecified atom stereocenters. The van der Waals surface area contributed by atoms with Crippen LogP contribution in [0.4, 0.5) is 5.69 Å². The van der Waals surface area contributed by atoms with Crippen LogP contribution in [0.5, 0.6) is 5.75 Å². The van der Waals surface area contributed by atoms with Gasteiger partial charge in [0.25, 0.3) is 5.69 Å². The van der Waals surface area contributed by atoms with Gasteiger partial charge in [0.05, 0.1) is 11.0 Å². The Kier molecular flexibility index (Phi) is 5.09. The maximum atomic E-state index is 10.5. The van der Waals surface area contributed by atoms with Gasteiger partial charge in [0.15, 0.2) is 0 Å². The molecule has 0 bridgehead atoms. The SMILES string of the molecule is O=[N+]([O-])c1cccc(OCC#CC#CCO)c1. The van der Waals surface area contributed by atoms with E-state index >= 15 is 0 Å². The summed E-state index contributed by atoms with van der Waals surface area (Å²) < 4.78 is 5.17. The zero-order valence-corrected chi connectivity index (χ0v) is 8.84. The van der Waals surface area contributed by atoms with Gasteiger partial charge in [0.2, 0.25) is 0 Å². The van der Waals surface area contributed by atoms with E-state index in [-0.39, 0.29) is 18.9 Å². The number of nitro groups is 1. The van der Waals surface area contributed by atoms with Gasteiger partial charge in [-0.15, -0.1) is 0 Å². The average molecular weight is 231 g/mol. The predicted octanol–water partition coefficient (Wildman–Crippen LogP) is 0.973. The molecule has 5 nitrogen and oxygen atoms in total. The maximum Gasteiger partial charge on any atom is 0.273 e. The van der Waals surface area contributed by atoms with Crippen molar-refractivity contribution >= 4 is 5.69 Å². The summed E-state index contributed by atoms with van der Waals surface area (Å²) in [4.78, 5) is 9.99. The van der Waals surface area contributed by atoms with E-state index in [2.05, 4.69) is 23.7 Å². The van der Waals surface area contributed by atoms with Crippen LogP contribution in [0.3, 0.4) is 0 Å². The number of nitrogens with zero attached hydrogens (tertiary/aromatic N) is 1. The van der Waals surface area contributed by atoms with Gasteiger partial charge in [0, 0.05) is 6.07 Å². The van der Waals surface area contributed by atoms with Crippen LogP contribution in [-0.2, 0) is 0 Å². The van der Waals surface area contributed by atoms with E-state index in [0.717, 1.165) is 0 Å². The number of non-ortho nitro benzene ring substituents is 1. The van der Waals surface area contributed by atoms with E-state index in [1.807, 2.05) is 0 Å². The highest BCUT2D eigenvalue weighted by molar-refractivity contribution is 5.38. The van der Waals surface area contributed by atoms with Gasteiger partial charge in [0.1, 0.15) is 19.0 Å². The molecule has 1 N–H and O–H groups in total. The fourth-order valence-electron chi connectivity index (χ4n) is 0.970. The zero-order valence-electron chi connectivity index (χ0n) is 8.84. The van der Waals surface area contributed by atoms with Gasteiger partial charge in [-0.05, 0) is 23.8 Å². The Balaban J connectivity index is 2.54. The van der Waals surface area contributed by atoms with Crippen molar-refractivity contribution in [1.29, 1.82) is 0 Å². The molecular formula is C12H9NO4. The van der Waals surface area contributed by atoms with Gasteiger partial charge in [-0.25, -0.2) is 0 Å². The van der Waals surface area contributed by atoms with Crippen molar-refractivity contribution in [2.75, 3.05) is 13.2 Å². The summed E-state index contributed by atoms with van der Waals surface area (Å²) >= 11 is 0. The summed E-state index contributed by atoms with van der Waals surface area (Å²) in [6.45, 7) is -0.151. The smallest absolute Gasteiger partial charge is 0.273 e. The molecule has 0 amide bonds. The van der Waals surface area contributed by atoms with Crippen molar-refractivity contribution in [3.05, 3.63) is 34.4 Å². The van der Waals surface area contributed by atoms with Crippen LogP contribution in [0.25, 0.3) is 0 Å². The van der Waals surface area contributed by atoms with Crippen molar-refractivity contribution in [1.82, 2.24) is 0 Å². The van der Waals surface area contributed by atoms with E-state index in [4.69, 9.17) is 9.84 Å². The summed E-state index contributed by atoms with van der Waals surface area (Å²) in [5, 5.41) is 18.8. The average Bonchev–Trinajstić information content (AvgIpc) is 2.34. The molecule has 0 aliphatic heterocycles. The van der Waals surface area contributed by atoms with Crippen molar-refractivity contribution in [3.63, 3.8) is 0 Å². The molecule has 0 atom stereocenters. The van der Waals surface area contributed by atoms with Crippen molar-refractivity contribution < 1.29 is 14.8 Å². The highest BCUT2D eigenvalue weighted by Gasteiger charge is 2.05. The normalized spacial score (nSPS) is 8.29. The Morgan fingerprint density at radius 2 is 2.12 bits per heavy atom. The first-order valence-electron chi connectivity index (χ1n) is 4.68. The lowest BCUT2D eigenvalue weighted by molar-refractivity contribution is -0.384. The molecule has 0 aliphatic carbocycles. The third-order valence-corrected chi connectivity index (χ3v) is 1.66. The summed E-state index contributed by atoms with van der Waals surface area (Å²) in [7, 11) is 0. The minimum atomic E-state index is -0.495. The second kappa shape index (κ2) is 6.89. The fraction of sp³-hybridized carbons (Fsp3) is 0.167. The first-order valence-corrected chi connectivity index (χ1v) is 4.68. The third-order valence-electron chi connectivity index (χ3n) is 1.66. The standard InChI is InChI=1S/C12H9NO4/c14-8-3-1-2-4-9-17-12-7-5-6-11(10-12)13(15)16/h5-7,10,14H,8-9H2. The lowest BCUT2D eigenvalue weighted by Crippen LogP contribution is -1.95. The highest BCUT2D eigenvalue weighted by Crippen LogP contribution is 2.18. The molecule has 1 aromatic rings. The summed E-state index contributed by atoms with van der Waals surface area (Å²) in [5.41, 5.74) is -0.0319. The van der Waals surface area contributed by atoms with E-state index in [9.17, 15) is 10.1 Å². The van der Waals surface area contributed by atoms with Gasteiger partial charge < -0.3 is 9.84 Å². The van der Waals surface area contributed by atoms with E-state index in [0.29, 0.717) is 5.75 Å². The van der Waals surface area contributed by atoms with Crippen LogP contribution in [0.2, 0.25) is 0 Å². The lowest BCUT2D eigenvalue weighted by Gasteiger charge is -2.00. The molecule has 0 saturated carbocycles. The molecule has 0 saturated heterocycles. The first kappa shape index (κ1) is 12.6. The quantitative estimate of drug-likeness (QED) is 0.478. The number of aliphatic hydroxyl groups is 1. The molecule has 0 radical (unpaired) electrons. The number of hydrogen-bond donors (Lipinski definition) is 1. The highest BCUT2D eigenvalue weighted by atomic mass is 16.6. The molecule has 0 fully saturated rings. The minimum absolute atomic E-state index is 0.0319. The van der Waals surface area contributed by atoms with Gasteiger partial charge in [-0.3, -0.25) is 10.1 Å². The van der Waals surface area contributed by atoms with E-state index in [1.165, 1.54) is 18.2 Å². The van der Waals surface area contributed by atoms with Crippen LogP contribution in [0.15, 0.2) is 24.3 Å². The lowest BCUT2D eigenvalue weighted by atomic mass is 10.3.